The van der Waals surface area contributed by atoms with Crippen molar-refractivity contribution in [2.75, 3.05) is 19.7 Å². The lowest BCUT2D eigenvalue weighted by atomic mass is 10.3. The Morgan fingerprint density at radius 3 is 2.55 bits per heavy atom. The summed E-state index contributed by atoms with van der Waals surface area (Å²) in [6.07, 6.45) is 5.99. The van der Waals surface area contributed by atoms with Crippen LogP contribution in [-0.4, -0.2) is 35.7 Å². The van der Waals surface area contributed by atoms with Gasteiger partial charge in [-0.15, -0.1) is 6.42 Å². The number of terminal acetylenes is 1. The van der Waals surface area contributed by atoms with E-state index in [0.29, 0.717) is 12.6 Å². The quantitative estimate of drug-likeness (QED) is 0.591. The molecule has 0 saturated heterocycles. The molecule has 0 amide bonds. The number of aliphatic hydroxyl groups is 1. The SMILES string of the molecule is C#CCN(CCCO)C(C)C. The first kappa shape index (κ1) is 10.5. The molecule has 0 unspecified atom stereocenters. The highest BCUT2D eigenvalue weighted by Gasteiger charge is 2.05. The molecule has 0 fully saturated rings. The van der Waals surface area contributed by atoms with Gasteiger partial charge in [0.1, 0.15) is 0 Å². The summed E-state index contributed by atoms with van der Waals surface area (Å²) in [5.41, 5.74) is 0. The number of nitrogens with zero attached hydrogens (tertiary/aromatic N) is 1. The third-order valence-corrected chi connectivity index (χ3v) is 1.63. The van der Waals surface area contributed by atoms with Crippen molar-refractivity contribution in [1.82, 2.24) is 4.90 Å². The van der Waals surface area contributed by atoms with Crippen LogP contribution in [0.15, 0.2) is 0 Å². The highest BCUT2D eigenvalue weighted by atomic mass is 16.3. The molecule has 0 radical (unpaired) electrons. The molecule has 1 N–H and O–H groups in total. The van der Waals surface area contributed by atoms with Crippen molar-refractivity contribution in [2.24, 2.45) is 0 Å². The van der Waals surface area contributed by atoms with E-state index < -0.39 is 0 Å². The van der Waals surface area contributed by atoms with Gasteiger partial charge in [-0.2, -0.15) is 0 Å². The van der Waals surface area contributed by atoms with E-state index in [1.165, 1.54) is 0 Å². The normalized spacial score (nSPS) is 10.5. The Morgan fingerprint density at radius 1 is 1.55 bits per heavy atom. The molecule has 0 atom stereocenters. The van der Waals surface area contributed by atoms with Crippen LogP contribution in [-0.2, 0) is 0 Å². The van der Waals surface area contributed by atoms with Crippen LogP contribution in [0.2, 0.25) is 0 Å². The van der Waals surface area contributed by atoms with Crippen molar-refractivity contribution in [3.8, 4) is 12.3 Å². The molecule has 0 aliphatic rings. The lowest BCUT2D eigenvalue weighted by Gasteiger charge is -2.23. The first-order valence-electron chi connectivity index (χ1n) is 4.00. The standard InChI is InChI=1S/C9H17NO/c1-4-6-10(9(2)3)7-5-8-11/h1,9,11H,5-8H2,2-3H3. The van der Waals surface area contributed by atoms with Crippen LogP contribution in [0.3, 0.4) is 0 Å². The maximum absolute atomic E-state index is 8.59. The second kappa shape index (κ2) is 6.21. The molecular weight excluding hydrogens is 138 g/mol. The molecule has 0 aliphatic heterocycles. The topological polar surface area (TPSA) is 23.5 Å². The maximum atomic E-state index is 8.59. The molecule has 0 spiro atoms. The van der Waals surface area contributed by atoms with Gasteiger partial charge >= 0.3 is 0 Å². The first-order chi connectivity index (χ1) is 5.22. The number of aliphatic hydroxyl groups excluding tert-OH is 1. The van der Waals surface area contributed by atoms with Crippen LogP contribution in [0, 0.1) is 12.3 Å². The first-order valence-corrected chi connectivity index (χ1v) is 4.00. The van der Waals surface area contributed by atoms with Crippen molar-refractivity contribution in [2.45, 2.75) is 26.3 Å². The largest absolute Gasteiger partial charge is 0.396 e. The lowest BCUT2D eigenvalue weighted by Crippen LogP contribution is -2.32. The van der Waals surface area contributed by atoms with E-state index >= 15 is 0 Å². The number of hydrogen-bond acceptors (Lipinski definition) is 2. The van der Waals surface area contributed by atoms with Crippen LogP contribution in [0.25, 0.3) is 0 Å². The van der Waals surface area contributed by atoms with Gasteiger partial charge in [-0.1, -0.05) is 5.92 Å². The highest BCUT2D eigenvalue weighted by Crippen LogP contribution is 1.97. The molecule has 64 valence electrons. The van der Waals surface area contributed by atoms with E-state index in [0.717, 1.165) is 13.0 Å². The van der Waals surface area contributed by atoms with Gasteiger partial charge in [0.05, 0.1) is 6.54 Å². The Bertz CT molecular complexity index is 126. The smallest absolute Gasteiger partial charge is 0.0601 e. The molecule has 0 aromatic rings. The monoisotopic (exact) mass is 155 g/mol. The summed E-state index contributed by atoms with van der Waals surface area (Å²) in [7, 11) is 0. The summed E-state index contributed by atoms with van der Waals surface area (Å²) in [5, 5.41) is 8.59. The Kier molecular flexibility index (Phi) is 5.91. The molecule has 0 bridgehead atoms. The van der Waals surface area contributed by atoms with Gasteiger partial charge < -0.3 is 5.11 Å². The highest BCUT2D eigenvalue weighted by molar-refractivity contribution is 4.88. The van der Waals surface area contributed by atoms with Gasteiger partial charge in [-0.25, -0.2) is 0 Å². The molecular formula is C9H17NO. The maximum Gasteiger partial charge on any atom is 0.0601 e. The zero-order valence-electron chi connectivity index (χ0n) is 7.38. The van der Waals surface area contributed by atoms with Crippen molar-refractivity contribution < 1.29 is 5.11 Å². The Balaban J connectivity index is 3.62. The molecule has 2 heteroatoms. The summed E-state index contributed by atoms with van der Waals surface area (Å²) in [5.74, 6) is 2.60. The predicted molar refractivity (Wildman–Crippen MR) is 47.2 cm³/mol. The Hall–Kier alpha value is -0.520. The van der Waals surface area contributed by atoms with Gasteiger partial charge in [-0.3, -0.25) is 4.90 Å². The van der Waals surface area contributed by atoms with Crippen molar-refractivity contribution in [1.29, 1.82) is 0 Å². The Labute approximate surface area is 69.2 Å². The predicted octanol–water partition coefficient (Wildman–Crippen LogP) is 0.712. The van der Waals surface area contributed by atoms with E-state index in [2.05, 4.69) is 24.7 Å². The van der Waals surface area contributed by atoms with Gasteiger partial charge in [0.15, 0.2) is 0 Å². The molecule has 0 aliphatic carbocycles. The van der Waals surface area contributed by atoms with Crippen LogP contribution in [0.1, 0.15) is 20.3 Å². The van der Waals surface area contributed by atoms with Crippen molar-refractivity contribution >= 4 is 0 Å². The lowest BCUT2D eigenvalue weighted by molar-refractivity contribution is 0.210. The summed E-state index contributed by atoms with van der Waals surface area (Å²) < 4.78 is 0. The van der Waals surface area contributed by atoms with E-state index in [1.54, 1.807) is 0 Å². The van der Waals surface area contributed by atoms with Crippen molar-refractivity contribution in [3.63, 3.8) is 0 Å². The molecule has 0 rings (SSSR count). The minimum atomic E-state index is 0.244. The summed E-state index contributed by atoms with van der Waals surface area (Å²) in [4.78, 5) is 2.16. The van der Waals surface area contributed by atoms with E-state index in [1.807, 2.05) is 0 Å². The van der Waals surface area contributed by atoms with Gasteiger partial charge in [0, 0.05) is 19.2 Å². The molecule has 0 aromatic carbocycles. The van der Waals surface area contributed by atoms with Crippen molar-refractivity contribution in [3.05, 3.63) is 0 Å². The third kappa shape index (κ3) is 4.83. The summed E-state index contributed by atoms with van der Waals surface area (Å²) in [6, 6.07) is 0.470. The third-order valence-electron chi connectivity index (χ3n) is 1.63. The molecule has 0 aromatic heterocycles. The fourth-order valence-electron chi connectivity index (χ4n) is 0.911. The molecule has 11 heavy (non-hydrogen) atoms. The summed E-state index contributed by atoms with van der Waals surface area (Å²) in [6.45, 7) is 6.02. The number of hydrogen-bond donors (Lipinski definition) is 1. The zero-order valence-corrected chi connectivity index (χ0v) is 7.38. The van der Waals surface area contributed by atoms with Gasteiger partial charge in [0.25, 0.3) is 0 Å². The fraction of sp³-hybridized carbons (Fsp3) is 0.778. The molecule has 2 nitrogen and oxygen atoms in total. The van der Waals surface area contributed by atoms with Crippen LogP contribution in [0.4, 0.5) is 0 Å². The van der Waals surface area contributed by atoms with E-state index in [-0.39, 0.29) is 6.61 Å². The minimum Gasteiger partial charge on any atom is -0.396 e. The molecule has 0 saturated carbocycles. The van der Waals surface area contributed by atoms with E-state index in [4.69, 9.17) is 11.5 Å². The second-order valence-corrected chi connectivity index (χ2v) is 2.85. The Morgan fingerprint density at radius 2 is 2.18 bits per heavy atom. The average Bonchev–Trinajstić information content (AvgIpc) is 1.97. The van der Waals surface area contributed by atoms with E-state index in [9.17, 15) is 0 Å². The van der Waals surface area contributed by atoms with Gasteiger partial charge in [0.2, 0.25) is 0 Å². The van der Waals surface area contributed by atoms with Crippen LogP contribution in [0.5, 0.6) is 0 Å². The fourth-order valence-corrected chi connectivity index (χ4v) is 0.911. The van der Waals surface area contributed by atoms with Gasteiger partial charge in [-0.05, 0) is 20.3 Å². The second-order valence-electron chi connectivity index (χ2n) is 2.85. The minimum absolute atomic E-state index is 0.244. The summed E-state index contributed by atoms with van der Waals surface area (Å²) >= 11 is 0. The zero-order chi connectivity index (χ0) is 8.69. The average molecular weight is 155 g/mol. The number of rotatable bonds is 5. The van der Waals surface area contributed by atoms with Crippen LogP contribution >= 0.6 is 0 Å². The molecule has 0 heterocycles. The van der Waals surface area contributed by atoms with Crippen LogP contribution < -0.4 is 0 Å².